The Hall–Kier alpha value is -2.00. The van der Waals surface area contributed by atoms with E-state index in [4.69, 9.17) is 29.9 Å². The monoisotopic (exact) mass is 314 g/mol. The highest BCUT2D eigenvalue weighted by molar-refractivity contribution is 5.93. The number of aliphatic hydroxyl groups is 4. The largest absolute Gasteiger partial charge is 0.459 e. The van der Waals surface area contributed by atoms with Crippen LogP contribution in [0.3, 0.4) is 0 Å². The van der Waals surface area contributed by atoms with E-state index in [0.717, 1.165) is 0 Å². The molecule has 0 heterocycles. The van der Waals surface area contributed by atoms with Crippen LogP contribution in [0.1, 0.15) is 20.7 Å². The van der Waals surface area contributed by atoms with E-state index in [1.54, 1.807) is 0 Å². The second-order valence-electron chi connectivity index (χ2n) is 4.45. The Balaban J connectivity index is 2.55. The maximum Gasteiger partial charge on any atom is 0.338 e. The van der Waals surface area contributed by atoms with Crippen LogP contribution >= 0.6 is 0 Å². The molecule has 1 rings (SSSR count). The number of rotatable bonds is 8. The average Bonchev–Trinajstić information content (AvgIpc) is 2.56. The Morgan fingerprint density at radius 3 is 1.41 bits per heavy atom. The minimum atomic E-state index is -1.14. The topological polar surface area (TPSA) is 134 Å². The first-order valence-electron chi connectivity index (χ1n) is 6.50. The summed E-state index contributed by atoms with van der Waals surface area (Å²) in [7, 11) is 0. The average molecular weight is 314 g/mol. The summed E-state index contributed by atoms with van der Waals surface area (Å²) >= 11 is 0. The molecule has 0 radical (unpaired) electrons. The van der Waals surface area contributed by atoms with Gasteiger partial charge in [0.05, 0.1) is 24.3 Å². The maximum atomic E-state index is 11.6. The molecule has 1 aromatic rings. The van der Waals surface area contributed by atoms with Gasteiger partial charge in [-0.15, -0.1) is 0 Å². The van der Waals surface area contributed by atoms with Gasteiger partial charge in [0.2, 0.25) is 0 Å². The van der Waals surface area contributed by atoms with Crippen LogP contribution in [0, 0.1) is 0 Å². The van der Waals surface area contributed by atoms with Gasteiger partial charge in [-0.05, 0) is 24.3 Å². The molecule has 2 atom stereocenters. The second-order valence-corrected chi connectivity index (χ2v) is 4.45. The molecule has 2 unspecified atom stereocenters. The van der Waals surface area contributed by atoms with Crippen molar-refractivity contribution in [1.82, 2.24) is 0 Å². The first-order chi connectivity index (χ1) is 10.5. The van der Waals surface area contributed by atoms with Gasteiger partial charge < -0.3 is 29.9 Å². The van der Waals surface area contributed by atoms with Gasteiger partial charge in [0.15, 0.2) is 0 Å². The molecule has 0 saturated carbocycles. The van der Waals surface area contributed by atoms with E-state index >= 15 is 0 Å². The third-order valence-electron chi connectivity index (χ3n) is 2.59. The Bertz CT molecular complexity index is 439. The van der Waals surface area contributed by atoms with E-state index in [2.05, 4.69) is 0 Å². The Morgan fingerprint density at radius 2 is 1.14 bits per heavy atom. The van der Waals surface area contributed by atoms with E-state index in [0.29, 0.717) is 0 Å². The number of hydrogen-bond donors (Lipinski definition) is 4. The van der Waals surface area contributed by atoms with Crippen LogP contribution in [0.25, 0.3) is 0 Å². The molecule has 0 saturated heterocycles. The Kier molecular flexibility index (Phi) is 7.47. The van der Waals surface area contributed by atoms with Crippen molar-refractivity contribution in [2.45, 2.75) is 12.2 Å². The van der Waals surface area contributed by atoms with E-state index in [1.807, 2.05) is 0 Å². The number of carbonyl (C=O) groups is 2. The van der Waals surface area contributed by atoms with Crippen LogP contribution in [0.2, 0.25) is 0 Å². The molecule has 0 aliphatic heterocycles. The fourth-order valence-electron chi connectivity index (χ4n) is 1.36. The molecule has 22 heavy (non-hydrogen) atoms. The van der Waals surface area contributed by atoms with E-state index in [-0.39, 0.29) is 24.3 Å². The van der Waals surface area contributed by atoms with Crippen LogP contribution < -0.4 is 0 Å². The van der Waals surface area contributed by atoms with Crippen LogP contribution in [-0.2, 0) is 9.47 Å². The van der Waals surface area contributed by atoms with Crippen LogP contribution in [0.15, 0.2) is 24.3 Å². The van der Waals surface area contributed by atoms with Crippen LogP contribution in [0.4, 0.5) is 0 Å². The minimum Gasteiger partial charge on any atom is -0.459 e. The number of aliphatic hydroxyl groups excluding tert-OH is 4. The molecular weight excluding hydrogens is 296 g/mol. The standard InChI is InChI=1S/C14H18O8/c15-5-11(17)7-21-13(19)9-1-2-10(4-3-9)14(20)22-8-12(18)6-16/h1-4,11-12,15-18H,5-8H2. The Labute approximate surface area is 126 Å². The van der Waals surface area contributed by atoms with Crippen molar-refractivity contribution in [2.75, 3.05) is 26.4 Å². The SMILES string of the molecule is O=C(OCC(O)CO)c1ccc(C(=O)OCC(O)CO)cc1. The van der Waals surface area contributed by atoms with E-state index < -0.39 is 37.4 Å². The van der Waals surface area contributed by atoms with Crippen molar-refractivity contribution in [2.24, 2.45) is 0 Å². The summed E-state index contributed by atoms with van der Waals surface area (Å²) in [4.78, 5) is 23.2. The van der Waals surface area contributed by atoms with Gasteiger partial charge >= 0.3 is 11.9 Å². The number of hydrogen-bond acceptors (Lipinski definition) is 8. The molecule has 122 valence electrons. The van der Waals surface area contributed by atoms with E-state index in [1.165, 1.54) is 24.3 Å². The van der Waals surface area contributed by atoms with Crippen molar-refractivity contribution in [3.8, 4) is 0 Å². The lowest BCUT2D eigenvalue weighted by atomic mass is 10.1. The first kappa shape index (κ1) is 18.1. The highest BCUT2D eigenvalue weighted by Gasteiger charge is 2.13. The lowest BCUT2D eigenvalue weighted by Gasteiger charge is -2.10. The number of esters is 2. The quantitative estimate of drug-likeness (QED) is 0.435. The predicted molar refractivity (Wildman–Crippen MR) is 73.2 cm³/mol. The molecule has 4 N–H and O–H groups in total. The lowest BCUT2D eigenvalue weighted by Crippen LogP contribution is -2.22. The molecule has 1 aromatic carbocycles. The zero-order valence-electron chi connectivity index (χ0n) is 11.7. The zero-order chi connectivity index (χ0) is 16.5. The summed E-state index contributed by atoms with van der Waals surface area (Å²) in [5, 5.41) is 35.3. The smallest absolute Gasteiger partial charge is 0.338 e. The lowest BCUT2D eigenvalue weighted by molar-refractivity contribution is 0.00865. The van der Waals surface area contributed by atoms with Gasteiger partial charge in [-0.25, -0.2) is 9.59 Å². The van der Waals surface area contributed by atoms with Crippen molar-refractivity contribution in [3.63, 3.8) is 0 Å². The molecule has 8 nitrogen and oxygen atoms in total. The summed E-state index contributed by atoms with van der Waals surface area (Å²) in [5.74, 6) is -1.41. The summed E-state index contributed by atoms with van der Waals surface area (Å²) in [6.45, 7) is -1.70. The first-order valence-corrected chi connectivity index (χ1v) is 6.50. The molecule has 8 heteroatoms. The minimum absolute atomic E-state index is 0.164. The van der Waals surface area contributed by atoms with Gasteiger partial charge in [0, 0.05) is 0 Å². The fourth-order valence-corrected chi connectivity index (χ4v) is 1.36. The maximum absolute atomic E-state index is 11.6. The number of ether oxygens (including phenoxy) is 2. The molecular formula is C14H18O8. The highest BCUT2D eigenvalue weighted by Crippen LogP contribution is 2.08. The van der Waals surface area contributed by atoms with Gasteiger partial charge in [0.1, 0.15) is 25.4 Å². The van der Waals surface area contributed by atoms with Crippen LogP contribution in [-0.4, -0.2) is 71.0 Å². The Morgan fingerprint density at radius 1 is 0.818 bits per heavy atom. The molecule has 0 aliphatic carbocycles. The third-order valence-corrected chi connectivity index (χ3v) is 2.59. The molecule has 0 aromatic heterocycles. The molecule has 0 spiro atoms. The summed E-state index contributed by atoms with van der Waals surface area (Å²) in [5.41, 5.74) is 0.328. The van der Waals surface area contributed by atoms with Gasteiger partial charge in [-0.1, -0.05) is 0 Å². The molecule has 0 fully saturated rings. The number of carbonyl (C=O) groups excluding carboxylic acids is 2. The van der Waals surface area contributed by atoms with Crippen molar-refractivity contribution in [1.29, 1.82) is 0 Å². The zero-order valence-corrected chi connectivity index (χ0v) is 11.7. The summed E-state index contributed by atoms with van der Waals surface area (Å²) in [6.07, 6.45) is -2.28. The van der Waals surface area contributed by atoms with Gasteiger partial charge in [-0.3, -0.25) is 0 Å². The summed E-state index contributed by atoms with van der Waals surface area (Å²) < 4.78 is 9.50. The fraction of sp³-hybridized carbons (Fsp3) is 0.429. The van der Waals surface area contributed by atoms with Gasteiger partial charge in [0.25, 0.3) is 0 Å². The van der Waals surface area contributed by atoms with Crippen molar-refractivity contribution < 1.29 is 39.5 Å². The van der Waals surface area contributed by atoms with Crippen LogP contribution in [0.5, 0.6) is 0 Å². The van der Waals surface area contributed by atoms with Crippen molar-refractivity contribution in [3.05, 3.63) is 35.4 Å². The predicted octanol–water partition coefficient (Wildman–Crippen LogP) is -1.29. The molecule has 0 amide bonds. The summed E-state index contributed by atoms with van der Waals surface area (Å²) in [6, 6.07) is 5.36. The van der Waals surface area contributed by atoms with E-state index in [9.17, 15) is 9.59 Å². The van der Waals surface area contributed by atoms with Crippen molar-refractivity contribution >= 4 is 11.9 Å². The normalized spacial score (nSPS) is 13.3. The molecule has 0 bridgehead atoms. The second kappa shape index (κ2) is 9.11. The number of benzene rings is 1. The third kappa shape index (κ3) is 5.78. The molecule has 0 aliphatic rings. The highest BCUT2D eigenvalue weighted by atomic mass is 16.5. The van der Waals surface area contributed by atoms with Gasteiger partial charge in [-0.2, -0.15) is 0 Å².